The van der Waals surface area contributed by atoms with Gasteiger partial charge in [-0.05, 0) is 18.6 Å². The molecule has 1 aromatic heterocycles. The molecule has 2 aromatic rings. The molecule has 1 aliphatic heterocycles. The van der Waals surface area contributed by atoms with Crippen molar-refractivity contribution in [2.24, 2.45) is 5.16 Å². The van der Waals surface area contributed by atoms with Crippen molar-refractivity contribution >= 4 is 37.9 Å². The highest BCUT2D eigenvalue weighted by Crippen LogP contribution is 2.23. The van der Waals surface area contributed by atoms with E-state index in [4.69, 9.17) is 19.4 Å². The molecule has 1 fully saturated rings. The first-order valence-corrected chi connectivity index (χ1v) is 12.3. The molecule has 0 saturated carbocycles. The molecule has 1 saturated heterocycles. The van der Waals surface area contributed by atoms with Crippen molar-refractivity contribution in [2.75, 3.05) is 38.9 Å². The van der Waals surface area contributed by atoms with Crippen molar-refractivity contribution < 1.29 is 32.6 Å². The molecule has 10 nitrogen and oxygen atoms in total. The number of rotatable bonds is 11. The monoisotopic (exact) mass is 483 g/mol. The second-order valence-electron chi connectivity index (χ2n) is 6.92. The van der Waals surface area contributed by atoms with Crippen molar-refractivity contribution in [3.05, 3.63) is 40.9 Å². The lowest BCUT2D eigenvalue weighted by molar-refractivity contribution is -0.110. The average molecular weight is 484 g/mol. The van der Waals surface area contributed by atoms with E-state index in [1.54, 1.807) is 13.3 Å². The van der Waals surface area contributed by atoms with Crippen molar-refractivity contribution in [1.29, 1.82) is 0 Å². The number of nitrogens with one attached hydrogen (secondary N) is 1. The lowest BCUT2D eigenvalue weighted by Gasteiger charge is -2.11. The molecule has 0 unspecified atom stereocenters. The number of ether oxygens (including phenoxy) is 2. The molecule has 0 bridgehead atoms. The van der Waals surface area contributed by atoms with Crippen LogP contribution in [0.3, 0.4) is 0 Å². The third kappa shape index (κ3) is 6.11. The van der Waals surface area contributed by atoms with Crippen LogP contribution in [-0.2, 0) is 35.5 Å². The van der Waals surface area contributed by atoms with Gasteiger partial charge >= 0.3 is 0 Å². The summed E-state index contributed by atoms with van der Waals surface area (Å²) in [5.41, 5.74) is 0.335. The fourth-order valence-corrected chi connectivity index (χ4v) is 5.31. The second-order valence-corrected chi connectivity index (χ2v) is 10.3. The Morgan fingerprint density at radius 1 is 1.38 bits per heavy atom. The summed E-state index contributed by atoms with van der Waals surface area (Å²) in [6.07, 6.45) is 2.41. The Kier molecular flexibility index (Phi) is 8.70. The van der Waals surface area contributed by atoms with E-state index in [2.05, 4.69) is 15.5 Å². The molecule has 2 N–H and O–H groups in total. The number of anilines is 1. The van der Waals surface area contributed by atoms with E-state index in [0.29, 0.717) is 36.8 Å². The molecule has 1 amide bonds. The summed E-state index contributed by atoms with van der Waals surface area (Å²) in [6.45, 7) is 1.02. The van der Waals surface area contributed by atoms with E-state index in [-0.39, 0.29) is 30.4 Å². The van der Waals surface area contributed by atoms with Crippen LogP contribution in [0.15, 0.2) is 40.5 Å². The molecular formula is C20H25N3O7S2. The van der Waals surface area contributed by atoms with E-state index in [1.807, 2.05) is 0 Å². The van der Waals surface area contributed by atoms with E-state index in [1.165, 1.54) is 35.6 Å². The third-order valence-corrected chi connectivity index (χ3v) is 7.67. The second kappa shape index (κ2) is 11.5. The number of aliphatic hydroxyl groups excluding tert-OH is 1. The number of aliphatic hydroxyl groups is 1. The molecule has 2 heterocycles. The predicted molar refractivity (Wildman–Crippen MR) is 119 cm³/mol. The normalized spacial score (nSPS) is 16.8. The topological polar surface area (TPSA) is 136 Å². The summed E-state index contributed by atoms with van der Waals surface area (Å²) in [7, 11) is -1.96. The third-order valence-electron chi connectivity index (χ3n) is 4.61. The number of oxime groups is 1. The highest BCUT2D eigenvalue weighted by Gasteiger charge is 2.31. The molecule has 1 aliphatic rings. The molecule has 0 radical (unpaired) electrons. The van der Waals surface area contributed by atoms with E-state index >= 15 is 0 Å². The zero-order chi connectivity index (χ0) is 23.0. The minimum Gasteiger partial charge on any atom is -0.396 e. The van der Waals surface area contributed by atoms with Gasteiger partial charge in [0.2, 0.25) is 0 Å². The number of methoxy groups -OCH3 is 1. The van der Waals surface area contributed by atoms with Crippen LogP contribution in [0.4, 0.5) is 5.13 Å². The summed E-state index contributed by atoms with van der Waals surface area (Å²) in [5, 5.41) is 15.3. The Morgan fingerprint density at radius 2 is 2.16 bits per heavy atom. The van der Waals surface area contributed by atoms with Gasteiger partial charge in [-0.25, -0.2) is 13.4 Å². The van der Waals surface area contributed by atoms with Crippen molar-refractivity contribution in [2.45, 2.75) is 29.6 Å². The number of thiazole rings is 1. The Labute approximate surface area is 190 Å². The van der Waals surface area contributed by atoms with Crippen LogP contribution >= 0.6 is 11.3 Å². The molecule has 1 atom stereocenters. The van der Waals surface area contributed by atoms with Gasteiger partial charge in [-0.1, -0.05) is 28.6 Å². The largest absolute Gasteiger partial charge is 0.396 e. The summed E-state index contributed by atoms with van der Waals surface area (Å²) in [5.74, 6) is -0.563. The van der Waals surface area contributed by atoms with Crippen molar-refractivity contribution in [1.82, 2.24) is 4.98 Å². The maximum absolute atomic E-state index is 12.9. The first-order valence-electron chi connectivity index (χ1n) is 9.93. The number of carbonyl (C=O) groups is 1. The number of carbonyl (C=O) groups excluding carboxylic acids is 1. The number of nitrogens with zero attached hydrogens (tertiary/aromatic N) is 2. The summed E-state index contributed by atoms with van der Waals surface area (Å²) in [6, 6.07) is 5.91. The molecule has 1 aromatic carbocycles. The van der Waals surface area contributed by atoms with Gasteiger partial charge in [-0.3, -0.25) is 10.1 Å². The molecular weight excluding hydrogens is 458 g/mol. The van der Waals surface area contributed by atoms with Crippen LogP contribution in [0.2, 0.25) is 0 Å². The Bertz CT molecular complexity index is 1030. The van der Waals surface area contributed by atoms with Gasteiger partial charge < -0.3 is 19.4 Å². The average Bonchev–Trinajstić information content (AvgIpc) is 3.47. The number of amides is 1. The molecule has 0 spiro atoms. The van der Waals surface area contributed by atoms with Gasteiger partial charge in [-0.15, -0.1) is 0 Å². The van der Waals surface area contributed by atoms with Crippen molar-refractivity contribution in [3.63, 3.8) is 0 Å². The zero-order valence-corrected chi connectivity index (χ0v) is 19.2. The first-order chi connectivity index (χ1) is 15.5. The summed E-state index contributed by atoms with van der Waals surface area (Å²) < 4.78 is 35.7. The highest BCUT2D eigenvalue weighted by atomic mass is 32.2. The van der Waals surface area contributed by atoms with Gasteiger partial charge in [0.05, 0.1) is 28.2 Å². The minimum atomic E-state index is -3.52. The highest BCUT2D eigenvalue weighted by molar-refractivity contribution is 7.92. The quantitative estimate of drug-likeness (QED) is 0.279. The fourth-order valence-electron chi connectivity index (χ4n) is 2.95. The van der Waals surface area contributed by atoms with Gasteiger partial charge in [0, 0.05) is 38.5 Å². The minimum absolute atomic E-state index is 0.0421. The first kappa shape index (κ1) is 24.3. The van der Waals surface area contributed by atoms with Gasteiger partial charge in [0.15, 0.2) is 20.7 Å². The van der Waals surface area contributed by atoms with Crippen LogP contribution < -0.4 is 5.32 Å². The van der Waals surface area contributed by atoms with E-state index in [9.17, 15) is 13.2 Å². The number of benzene rings is 1. The van der Waals surface area contributed by atoms with Gasteiger partial charge in [0.1, 0.15) is 6.61 Å². The predicted octanol–water partition coefficient (Wildman–Crippen LogP) is 1.59. The molecule has 174 valence electrons. The Balaban J connectivity index is 1.80. The van der Waals surface area contributed by atoms with Crippen LogP contribution in [0.1, 0.15) is 23.3 Å². The molecule has 3 rings (SSSR count). The SMILES string of the molecule is COCc1cnc(NC(=O)/C(=N/OCCCO)c2ccc(S(=O)(=O)[C@H]3CCOC3)cc2)s1. The number of aromatic nitrogens is 1. The Hall–Kier alpha value is -2.38. The van der Waals surface area contributed by atoms with Gasteiger partial charge in [0.25, 0.3) is 5.91 Å². The number of hydrogen-bond donors (Lipinski definition) is 2. The van der Waals surface area contributed by atoms with Crippen LogP contribution in [0.25, 0.3) is 0 Å². The Morgan fingerprint density at radius 3 is 2.81 bits per heavy atom. The summed E-state index contributed by atoms with van der Waals surface area (Å²) in [4.78, 5) is 23.2. The zero-order valence-electron chi connectivity index (χ0n) is 17.5. The van der Waals surface area contributed by atoms with Gasteiger partial charge in [-0.2, -0.15) is 0 Å². The maximum Gasteiger partial charge on any atom is 0.280 e. The standard InChI is InChI=1S/C20H25N3O7S2/c1-28-12-15-11-21-20(31-15)22-19(25)18(23-30-9-2-8-24)14-3-5-16(6-4-14)32(26,27)17-7-10-29-13-17/h3-6,11,17,24H,2,7-10,12-13H2,1H3,(H,21,22,25)/b23-18+/t17-/m0/s1. The summed E-state index contributed by atoms with van der Waals surface area (Å²) >= 11 is 1.26. The molecule has 0 aliphatic carbocycles. The fraction of sp³-hybridized carbons (Fsp3) is 0.450. The molecule has 32 heavy (non-hydrogen) atoms. The smallest absolute Gasteiger partial charge is 0.280 e. The van der Waals surface area contributed by atoms with Crippen LogP contribution in [0, 0.1) is 0 Å². The molecule has 12 heteroatoms. The number of hydrogen-bond acceptors (Lipinski definition) is 10. The van der Waals surface area contributed by atoms with Crippen LogP contribution in [0.5, 0.6) is 0 Å². The van der Waals surface area contributed by atoms with E-state index in [0.717, 1.165) is 4.88 Å². The van der Waals surface area contributed by atoms with E-state index < -0.39 is 21.0 Å². The lowest BCUT2D eigenvalue weighted by atomic mass is 10.1. The lowest BCUT2D eigenvalue weighted by Crippen LogP contribution is -2.25. The number of sulfone groups is 1. The maximum atomic E-state index is 12.9. The van der Waals surface area contributed by atoms with Crippen LogP contribution in [-0.4, -0.2) is 68.9 Å². The van der Waals surface area contributed by atoms with Crippen molar-refractivity contribution in [3.8, 4) is 0 Å².